The van der Waals surface area contributed by atoms with Crippen molar-refractivity contribution in [1.29, 1.82) is 5.41 Å². The van der Waals surface area contributed by atoms with E-state index < -0.39 is 0 Å². The average Bonchev–Trinajstić information content (AvgIpc) is 2.77. The van der Waals surface area contributed by atoms with Crippen molar-refractivity contribution in [1.82, 2.24) is 5.32 Å². The van der Waals surface area contributed by atoms with Gasteiger partial charge in [-0.05, 0) is 42.9 Å². The maximum absolute atomic E-state index is 7.24. The third kappa shape index (κ3) is 2.90. The van der Waals surface area contributed by atoms with Crippen LogP contribution in [0.1, 0.15) is 30.7 Å². The zero-order chi connectivity index (χ0) is 12.3. The van der Waals surface area contributed by atoms with Crippen LogP contribution in [0.3, 0.4) is 0 Å². The van der Waals surface area contributed by atoms with Gasteiger partial charge in [0.2, 0.25) is 0 Å². The number of anilines is 1. The van der Waals surface area contributed by atoms with Gasteiger partial charge in [0.05, 0.1) is 0 Å². The Balaban J connectivity index is 1.97. The van der Waals surface area contributed by atoms with Gasteiger partial charge < -0.3 is 16.4 Å². The van der Waals surface area contributed by atoms with Crippen LogP contribution in [0.25, 0.3) is 0 Å². The van der Waals surface area contributed by atoms with E-state index in [0.29, 0.717) is 12.0 Å². The third-order valence-corrected chi connectivity index (χ3v) is 3.46. The SMILES string of the molecule is CNc1ccc(C2CCC(NC(=N)N)C2)cc1. The summed E-state index contributed by atoms with van der Waals surface area (Å²) in [7, 11) is 1.93. The summed E-state index contributed by atoms with van der Waals surface area (Å²) in [6.07, 6.45) is 3.33. The minimum atomic E-state index is 0.0844. The zero-order valence-electron chi connectivity index (χ0n) is 10.2. The van der Waals surface area contributed by atoms with Gasteiger partial charge in [-0.15, -0.1) is 0 Å². The van der Waals surface area contributed by atoms with Crippen molar-refractivity contribution in [2.75, 3.05) is 12.4 Å². The van der Waals surface area contributed by atoms with Gasteiger partial charge in [-0.1, -0.05) is 12.1 Å². The molecule has 0 radical (unpaired) electrons. The first-order valence-electron chi connectivity index (χ1n) is 6.07. The highest BCUT2D eigenvalue weighted by Gasteiger charge is 2.25. The smallest absolute Gasteiger partial charge is 0.185 e. The van der Waals surface area contributed by atoms with Gasteiger partial charge in [0, 0.05) is 18.8 Å². The highest BCUT2D eigenvalue weighted by atomic mass is 15.1. The summed E-state index contributed by atoms with van der Waals surface area (Å²) < 4.78 is 0. The highest BCUT2D eigenvalue weighted by molar-refractivity contribution is 5.74. The van der Waals surface area contributed by atoms with E-state index in [4.69, 9.17) is 11.1 Å². The van der Waals surface area contributed by atoms with Crippen molar-refractivity contribution in [3.63, 3.8) is 0 Å². The van der Waals surface area contributed by atoms with Crippen LogP contribution in [0.15, 0.2) is 24.3 Å². The lowest BCUT2D eigenvalue weighted by Crippen LogP contribution is -2.37. The topological polar surface area (TPSA) is 73.9 Å². The van der Waals surface area contributed by atoms with Crippen LogP contribution in [0.4, 0.5) is 5.69 Å². The number of hydrogen-bond acceptors (Lipinski definition) is 2. The van der Waals surface area contributed by atoms with E-state index in [1.54, 1.807) is 0 Å². The molecule has 0 bridgehead atoms. The lowest BCUT2D eigenvalue weighted by Gasteiger charge is -2.13. The van der Waals surface area contributed by atoms with E-state index in [1.807, 2.05) is 7.05 Å². The number of nitrogens with two attached hydrogens (primary N) is 1. The van der Waals surface area contributed by atoms with E-state index >= 15 is 0 Å². The molecule has 1 aliphatic carbocycles. The van der Waals surface area contributed by atoms with Gasteiger partial charge in [0.1, 0.15) is 0 Å². The Kier molecular flexibility index (Phi) is 3.52. The van der Waals surface area contributed by atoms with E-state index in [9.17, 15) is 0 Å². The Morgan fingerprint density at radius 1 is 1.29 bits per heavy atom. The summed E-state index contributed by atoms with van der Waals surface area (Å²) in [6.45, 7) is 0. The fourth-order valence-corrected chi connectivity index (χ4v) is 2.56. The van der Waals surface area contributed by atoms with Gasteiger partial charge in [0.25, 0.3) is 0 Å². The molecule has 1 saturated carbocycles. The summed E-state index contributed by atoms with van der Waals surface area (Å²) in [5.41, 5.74) is 7.89. The van der Waals surface area contributed by atoms with E-state index in [2.05, 4.69) is 34.9 Å². The second-order valence-electron chi connectivity index (χ2n) is 4.64. The van der Waals surface area contributed by atoms with Gasteiger partial charge >= 0.3 is 0 Å². The molecule has 4 nitrogen and oxygen atoms in total. The normalized spacial score (nSPS) is 23.4. The monoisotopic (exact) mass is 232 g/mol. The highest BCUT2D eigenvalue weighted by Crippen LogP contribution is 2.34. The molecule has 4 heteroatoms. The predicted octanol–water partition coefficient (Wildman–Crippen LogP) is 1.85. The minimum Gasteiger partial charge on any atom is -0.388 e. The second-order valence-corrected chi connectivity index (χ2v) is 4.64. The van der Waals surface area contributed by atoms with Crippen LogP contribution in [0.5, 0.6) is 0 Å². The Morgan fingerprint density at radius 2 is 2.00 bits per heavy atom. The molecule has 2 rings (SSSR count). The van der Waals surface area contributed by atoms with E-state index in [-0.39, 0.29) is 5.96 Å². The van der Waals surface area contributed by atoms with Crippen molar-refractivity contribution < 1.29 is 0 Å². The Morgan fingerprint density at radius 3 is 2.59 bits per heavy atom. The molecule has 2 unspecified atom stereocenters. The predicted molar refractivity (Wildman–Crippen MR) is 71.4 cm³/mol. The summed E-state index contributed by atoms with van der Waals surface area (Å²) in [5.74, 6) is 0.680. The molecular weight excluding hydrogens is 212 g/mol. The molecule has 0 heterocycles. The summed E-state index contributed by atoms with van der Waals surface area (Å²) in [5, 5.41) is 13.4. The average molecular weight is 232 g/mol. The lowest BCUT2D eigenvalue weighted by atomic mass is 9.97. The lowest BCUT2D eigenvalue weighted by molar-refractivity contribution is 0.611. The number of hydrogen-bond donors (Lipinski definition) is 4. The minimum absolute atomic E-state index is 0.0844. The van der Waals surface area contributed by atoms with E-state index in [0.717, 1.165) is 18.5 Å². The van der Waals surface area contributed by atoms with Crippen molar-refractivity contribution >= 4 is 11.6 Å². The molecule has 1 aliphatic rings. The zero-order valence-corrected chi connectivity index (χ0v) is 10.2. The van der Waals surface area contributed by atoms with E-state index in [1.165, 1.54) is 12.0 Å². The first kappa shape index (κ1) is 11.8. The fourth-order valence-electron chi connectivity index (χ4n) is 2.56. The van der Waals surface area contributed by atoms with Crippen molar-refractivity contribution in [2.24, 2.45) is 5.73 Å². The standard InChI is InChI=1S/C13H20N4/c1-16-11-5-2-9(3-6-11)10-4-7-12(8-10)17-13(14)15/h2-3,5-6,10,12,16H,4,7-8H2,1H3,(H4,14,15,17). The summed E-state index contributed by atoms with van der Waals surface area (Å²) in [6, 6.07) is 8.96. The molecule has 1 aromatic carbocycles. The fraction of sp³-hybridized carbons (Fsp3) is 0.462. The molecule has 17 heavy (non-hydrogen) atoms. The number of nitrogens with one attached hydrogen (secondary N) is 3. The first-order valence-corrected chi connectivity index (χ1v) is 6.07. The molecule has 2 atom stereocenters. The molecule has 1 fully saturated rings. The molecule has 0 aliphatic heterocycles. The van der Waals surface area contributed by atoms with Gasteiger partial charge in [-0.3, -0.25) is 5.41 Å². The van der Waals surface area contributed by atoms with Crippen molar-refractivity contribution in [3.8, 4) is 0 Å². The quantitative estimate of drug-likeness (QED) is 0.474. The maximum atomic E-state index is 7.24. The van der Waals surface area contributed by atoms with Crippen molar-refractivity contribution in [2.45, 2.75) is 31.2 Å². The van der Waals surface area contributed by atoms with Crippen LogP contribution >= 0.6 is 0 Å². The van der Waals surface area contributed by atoms with Crippen LogP contribution < -0.4 is 16.4 Å². The molecule has 0 spiro atoms. The van der Waals surface area contributed by atoms with Crippen LogP contribution in [0.2, 0.25) is 0 Å². The Labute approximate surface area is 102 Å². The maximum Gasteiger partial charge on any atom is 0.185 e. The molecular formula is C13H20N4. The van der Waals surface area contributed by atoms with Gasteiger partial charge in [-0.2, -0.15) is 0 Å². The summed E-state index contributed by atoms with van der Waals surface area (Å²) >= 11 is 0. The van der Waals surface area contributed by atoms with Crippen LogP contribution in [0, 0.1) is 5.41 Å². The Bertz CT molecular complexity index is 385. The van der Waals surface area contributed by atoms with Crippen LogP contribution in [-0.2, 0) is 0 Å². The van der Waals surface area contributed by atoms with Gasteiger partial charge in [0.15, 0.2) is 5.96 Å². The summed E-state index contributed by atoms with van der Waals surface area (Å²) in [4.78, 5) is 0. The third-order valence-electron chi connectivity index (χ3n) is 3.46. The number of guanidine groups is 1. The molecule has 5 N–H and O–H groups in total. The molecule has 0 amide bonds. The molecule has 92 valence electrons. The van der Waals surface area contributed by atoms with Crippen molar-refractivity contribution in [3.05, 3.63) is 29.8 Å². The molecule has 1 aromatic rings. The first-order chi connectivity index (χ1) is 8.19. The Hall–Kier alpha value is -1.71. The number of rotatable bonds is 3. The number of benzene rings is 1. The molecule has 0 saturated heterocycles. The van der Waals surface area contributed by atoms with Gasteiger partial charge in [-0.25, -0.2) is 0 Å². The molecule has 0 aromatic heterocycles. The second kappa shape index (κ2) is 5.08. The van der Waals surface area contributed by atoms with Crippen LogP contribution in [-0.4, -0.2) is 19.0 Å². The largest absolute Gasteiger partial charge is 0.388 e.